The molecule has 1 unspecified atom stereocenters. The van der Waals surface area contributed by atoms with Crippen molar-refractivity contribution in [1.82, 2.24) is 4.98 Å². The van der Waals surface area contributed by atoms with Crippen LogP contribution >= 0.6 is 11.3 Å². The van der Waals surface area contributed by atoms with Gasteiger partial charge in [0.1, 0.15) is 0 Å². The highest BCUT2D eigenvalue weighted by Crippen LogP contribution is 2.34. The number of anilines is 1. The summed E-state index contributed by atoms with van der Waals surface area (Å²) in [6.45, 7) is 5.65. The molecule has 136 valence electrons. The third-order valence-corrected chi connectivity index (χ3v) is 6.96. The van der Waals surface area contributed by atoms with Crippen LogP contribution in [0, 0.1) is 0 Å². The summed E-state index contributed by atoms with van der Waals surface area (Å²) < 4.78 is 27.5. The summed E-state index contributed by atoms with van der Waals surface area (Å²) in [5, 5.41) is 0.216. The number of hydrogen-bond acceptors (Lipinski definition) is 5. The fourth-order valence-corrected chi connectivity index (χ4v) is 4.62. The van der Waals surface area contributed by atoms with Gasteiger partial charge in [0.15, 0.2) is 5.13 Å². The first kappa shape index (κ1) is 19.4. The first-order valence-corrected chi connectivity index (χ1v) is 10.4. The topological polar surface area (TPSA) is 102 Å². The van der Waals surface area contributed by atoms with Crippen molar-refractivity contribution in [3.05, 3.63) is 40.9 Å². The smallest absolute Gasteiger partial charge is 0.263 e. The molecule has 25 heavy (non-hydrogen) atoms. The van der Waals surface area contributed by atoms with Crippen LogP contribution in [0.25, 0.3) is 0 Å². The van der Waals surface area contributed by atoms with E-state index < -0.39 is 21.3 Å². The molecule has 0 fully saturated rings. The largest absolute Gasteiger partial charge is 0.369 e. The molecule has 1 atom stereocenters. The van der Waals surface area contributed by atoms with Crippen molar-refractivity contribution in [3.63, 3.8) is 0 Å². The quantitative estimate of drug-likeness (QED) is 0.733. The van der Waals surface area contributed by atoms with Crippen LogP contribution in [-0.4, -0.2) is 19.3 Å². The molecule has 2 aromatic rings. The molecule has 8 heteroatoms. The molecule has 0 aliphatic rings. The second kappa shape index (κ2) is 7.53. The second-order valence-electron chi connectivity index (χ2n) is 6.08. The van der Waals surface area contributed by atoms with Gasteiger partial charge < -0.3 is 5.73 Å². The number of carbonyl (C=O) groups excluding carboxylic acids is 1. The van der Waals surface area contributed by atoms with E-state index in [4.69, 9.17) is 5.73 Å². The Morgan fingerprint density at radius 1 is 1.28 bits per heavy atom. The molecule has 1 heterocycles. The Morgan fingerprint density at radius 3 is 2.44 bits per heavy atom. The number of benzene rings is 1. The van der Waals surface area contributed by atoms with Gasteiger partial charge >= 0.3 is 0 Å². The maximum Gasteiger partial charge on any atom is 0.263 e. The van der Waals surface area contributed by atoms with E-state index in [-0.39, 0.29) is 10.0 Å². The third kappa shape index (κ3) is 4.19. The zero-order chi connectivity index (χ0) is 18.7. The van der Waals surface area contributed by atoms with Crippen molar-refractivity contribution in [2.24, 2.45) is 5.73 Å². The van der Waals surface area contributed by atoms with Gasteiger partial charge in [0.05, 0.1) is 10.3 Å². The summed E-state index contributed by atoms with van der Waals surface area (Å²) in [5.74, 6) is -0.459. The number of carbonyl (C=O) groups is 1. The van der Waals surface area contributed by atoms with Crippen LogP contribution in [0.1, 0.15) is 44.1 Å². The average molecular weight is 382 g/mol. The number of amides is 1. The van der Waals surface area contributed by atoms with Gasteiger partial charge in [-0.15, -0.1) is 11.3 Å². The van der Waals surface area contributed by atoms with E-state index in [1.165, 1.54) is 6.20 Å². The van der Waals surface area contributed by atoms with E-state index >= 15 is 0 Å². The van der Waals surface area contributed by atoms with Gasteiger partial charge in [-0.25, -0.2) is 13.4 Å². The second-order valence-corrected chi connectivity index (χ2v) is 8.79. The predicted molar refractivity (Wildman–Crippen MR) is 100 cm³/mol. The van der Waals surface area contributed by atoms with Gasteiger partial charge in [0.25, 0.3) is 10.0 Å². The molecule has 1 aromatic heterocycles. The van der Waals surface area contributed by atoms with E-state index in [1.54, 1.807) is 19.1 Å². The van der Waals surface area contributed by atoms with E-state index in [9.17, 15) is 13.2 Å². The lowest BCUT2D eigenvalue weighted by atomic mass is 9.86. The first-order valence-electron chi connectivity index (χ1n) is 8.11. The summed E-state index contributed by atoms with van der Waals surface area (Å²) in [6.07, 6.45) is 3.92. The zero-order valence-electron chi connectivity index (χ0n) is 14.6. The SMILES string of the molecule is CCCc1ccc(S(=O)(=O)Nc2ncc(C(C)(CC)C(N)=O)s2)cc1. The molecule has 2 rings (SSSR count). The van der Waals surface area contributed by atoms with Gasteiger partial charge in [0.2, 0.25) is 5.91 Å². The molecule has 0 bridgehead atoms. The van der Waals surface area contributed by atoms with Crippen molar-refractivity contribution in [2.45, 2.75) is 50.3 Å². The van der Waals surface area contributed by atoms with Crippen molar-refractivity contribution < 1.29 is 13.2 Å². The van der Waals surface area contributed by atoms with Crippen LogP contribution in [0.4, 0.5) is 5.13 Å². The molecule has 0 spiro atoms. The van der Waals surface area contributed by atoms with Crippen LogP contribution < -0.4 is 10.5 Å². The molecule has 0 saturated heterocycles. The Labute approximate surface area is 152 Å². The van der Waals surface area contributed by atoms with E-state index in [1.807, 2.05) is 19.1 Å². The minimum absolute atomic E-state index is 0.178. The van der Waals surface area contributed by atoms with Crippen LogP contribution in [0.15, 0.2) is 35.4 Å². The molecule has 3 N–H and O–H groups in total. The van der Waals surface area contributed by atoms with Crippen molar-refractivity contribution in [1.29, 1.82) is 0 Å². The van der Waals surface area contributed by atoms with Crippen molar-refractivity contribution in [2.75, 3.05) is 4.72 Å². The fraction of sp³-hybridized carbons (Fsp3) is 0.412. The minimum Gasteiger partial charge on any atom is -0.369 e. The summed E-state index contributed by atoms with van der Waals surface area (Å²) in [6, 6.07) is 6.79. The molecular formula is C17H23N3O3S2. The Kier molecular flexibility index (Phi) is 5.84. The Bertz CT molecular complexity index is 844. The van der Waals surface area contributed by atoms with Gasteiger partial charge in [-0.05, 0) is 37.5 Å². The van der Waals surface area contributed by atoms with Crippen molar-refractivity contribution >= 4 is 32.4 Å². The highest BCUT2D eigenvalue weighted by Gasteiger charge is 2.33. The normalized spacial score (nSPS) is 14.0. The lowest BCUT2D eigenvalue weighted by Gasteiger charge is -2.21. The van der Waals surface area contributed by atoms with Crippen LogP contribution in [0.5, 0.6) is 0 Å². The van der Waals surface area contributed by atoms with Gasteiger partial charge in [0, 0.05) is 11.1 Å². The number of nitrogens with two attached hydrogens (primary N) is 1. The number of primary amides is 1. The molecule has 1 amide bonds. The summed E-state index contributed by atoms with van der Waals surface area (Å²) in [5.41, 5.74) is 5.72. The molecule has 0 aliphatic heterocycles. The van der Waals surface area contributed by atoms with Crippen LogP contribution in [0.3, 0.4) is 0 Å². The molecule has 6 nitrogen and oxygen atoms in total. The summed E-state index contributed by atoms with van der Waals surface area (Å²) in [4.78, 5) is 16.6. The summed E-state index contributed by atoms with van der Waals surface area (Å²) >= 11 is 1.12. The van der Waals surface area contributed by atoms with Gasteiger partial charge in [-0.3, -0.25) is 9.52 Å². The first-order chi connectivity index (χ1) is 11.7. The minimum atomic E-state index is -3.72. The monoisotopic (exact) mass is 381 g/mol. The lowest BCUT2D eigenvalue weighted by Crippen LogP contribution is -2.37. The molecule has 0 saturated carbocycles. The molecular weight excluding hydrogens is 358 g/mol. The molecule has 0 radical (unpaired) electrons. The lowest BCUT2D eigenvalue weighted by molar-refractivity contribution is -0.123. The van der Waals surface area contributed by atoms with E-state index in [2.05, 4.69) is 16.6 Å². The van der Waals surface area contributed by atoms with E-state index in [0.717, 1.165) is 29.7 Å². The Balaban J connectivity index is 2.23. The van der Waals surface area contributed by atoms with Gasteiger partial charge in [-0.2, -0.15) is 0 Å². The highest BCUT2D eigenvalue weighted by molar-refractivity contribution is 7.93. The van der Waals surface area contributed by atoms with Crippen molar-refractivity contribution in [3.8, 4) is 0 Å². The van der Waals surface area contributed by atoms with Crippen LogP contribution in [0.2, 0.25) is 0 Å². The third-order valence-electron chi connectivity index (χ3n) is 4.29. The highest BCUT2D eigenvalue weighted by atomic mass is 32.2. The Hall–Kier alpha value is -1.93. The number of aromatic nitrogens is 1. The molecule has 0 aliphatic carbocycles. The maximum atomic E-state index is 12.5. The number of rotatable bonds is 8. The number of hydrogen-bond donors (Lipinski definition) is 2. The number of thiazole rings is 1. The Morgan fingerprint density at radius 2 is 1.92 bits per heavy atom. The number of nitrogens with zero attached hydrogens (tertiary/aromatic N) is 1. The molecule has 1 aromatic carbocycles. The fourth-order valence-electron chi connectivity index (χ4n) is 2.34. The van der Waals surface area contributed by atoms with Gasteiger partial charge in [-0.1, -0.05) is 32.4 Å². The number of aryl methyl sites for hydroxylation is 1. The number of sulfonamides is 1. The predicted octanol–water partition coefficient (Wildman–Crippen LogP) is 3.05. The maximum absolute atomic E-state index is 12.5. The number of nitrogens with one attached hydrogen (secondary N) is 1. The summed E-state index contributed by atoms with van der Waals surface area (Å²) in [7, 11) is -3.72. The average Bonchev–Trinajstić information content (AvgIpc) is 3.03. The van der Waals surface area contributed by atoms with Crippen LogP contribution in [-0.2, 0) is 26.7 Å². The standard InChI is InChI=1S/C17H23N3O3S2/c1-4-6-12-7-9-13(10-8-12)25(22,23)20-16-19-11-14(24-16)17(3,5-2)15(18)21/h7-11H,4-6H2,1-3H3,(H2,18,21)(H,19,20). The van der Waals surface area contributed by atoms with E-state index in [0.29, 0.717) is 11.3 Å². The zero-order valence-corrected chi connectivity index (χ0v) is 16.2.